The zero-order chi connectivity index (χ0) is 25.8. The Labute approximate surface area is 203 Å². The van der Waals surface area contributed by atoms with Crippen LogP contribution in [0.5, 0.6) is 5.75 Å². The molecule has 0 bridgehead atoms. The first-order chi connectivity index (χ1) is 16.5. The average Bonchev–Trinajstić information content (AvgIpc) is 2.81. The summed E-state index contributed by atoms with van der Waals surface area (Å²) in [5.74, 6) is -2.91. The second kappa shape index (κ2) is 10.8. The second-order valence-electron chi connectivity index (χ2n) is 7.55. The zero-order valence-corrected chi connectivity index (χ0v) is 19.1. The van der Waals surface area contributed by atoms with Crippen LogP contribution in [0.2, 0.25) is 5.02 Å². The lowest BCUT2D eigenvalue weighted by molar-refractivity contribution is -0.137. The summed E-state index contributed by atoms with van der Waals surface area (Å²) < 4.78 is 58.2. The van der Waals surface area contributed by atoms with Crippen molar-refractivity contribution in [2.75, 3.05) is 6.61 Å². The van der Waals surface area contributed by atoms with Crippen LogP contribution in [0.3, 0.4) is 0 Å². The van der Waals surface area contributed by atoms with E-state index in [1.807, 2.05) is 6.92 Å². The van der Waals surface area contributed by atoms with Crippen molar-refractivity contribution in [2.45, 2.75) is 26.1 Å². The van der Waals surface area contributed by atoms with Gasteiger partial charge < -0.3 is 15.2 Å². The number of carboxylic acid groups (broad SMARTS) is 1. The van der Waals surface area contributed by atoms with Crippen LogP contribution in [0.4, 0.5) is 17.6 Å². The van der Waals surface area contributed by atoms with Gasteiger partial charge in [0.15, 0.2) is 0 Å². The SMILES string of the molecule is CCCOc1ccc(-c2cc(C(=O)O)ccc2Cl)cc1CNC(=O)c1ccc(C(F)(F)F)cc1F. The fourth-order valence-electron chi connectivity index (χ4n) is 3.26. The minimum atomic E-state index is -4.74. The highest BCUT2D eigenvalue weighted by Gasteiger charge is 2.31. The zero-order valence-electron chi connectivity index (χ0n) is 18.4. The first-order valence-corrected chi connectivity index (χ1v) is 10.8. The number of ether oxygens (including phenoxy) is 1. The van der Waals surface area contributed by atoms with Gasteiger partial charge in [0.05, 0.1) is 23.3 Å². The summed E-state index contributed by atoms with van der Waals surface area (Å²) in [6, 6.07) is 10.9. The highest BCUT2D eigenvalue weighted by atomic mass is 35.5. The Balaban J connectivity index is 1.90. The Morgan fingerprint density at radius 3 is 2.43 bits per heavy atom. The van der Waals surface area contributed by atoms with Crippen LogP contribution in [0.15, 0.2) is 54.6 Å². The summed E-state index contributed by atoms with van der Waals surface area (Å²) in [6.45, 7) is 2.14. The Hall–Kier alpha value is -3.59. The maximum absolute atomic E-state index is 14.2. The molecule has 184 valence electrons. The molecule has 0 aliphatic rings. The summed E-state index contributed by atoms with van der Waals surface area (Å²) in [5, 5.41) is 12.1. The van der Waals surface area contributed by atoms with Crippen molar-refractivity contribution in [3.63, 3.8) is 0 Å². The van der Waals surface area contributed by atoms with Gasteiger partial charge in [-0.15, -0.1) is 0 Å². The van der Waals surface area contributed by atoms with Gasteiger partial charge in [-0.3, -0.25) is 4.79 Å². The van der Waals surface area contributed by atoms with E-state index in [0.29, 0.717) is 46.6 Å². The number of benzene rings is 3. The Bertz CT molecular complexity index is 1260. The van der Waals surface area contributed by atoms with Gasteiger partial charge in [-0.05, 0) is 60.5 Å². The van der Waals surface area contributed by atoms with E-state index in [2.05, 4.69) is 5.32 Å². The molecule has 0 atom stereocenters. The smallest absolute Gasteiger partial charge is 0.416 e. The van der Waals surface area contributed by atoms with Gasteiger partial charge in [0, 0.05) is 22.7 Å². The van der Waals surface area contributed by atoms with Crippen molar-refractivity contribution < 1.29 is 37.0 Å². The summed E-state index contributed by atoms with van der Waals surface area (Å²) in [4.78, 5) is 23.8. The number of rotatable bonds is 8. The van der Waals surface area contributed by atoms with E-state index >= 15 is 0 Å². The number of carbonyl (C=O) groups excluding carboxylic acids is 1. The number of amides is 1. The topological polar surface area (TPSA) is 75.6 Å². The van der Waals surface area contributed by atoms with Crippen molar-refractivity contribution in [2.24, 2.45) is 0 Å². The fourth-order valence-corrected chi connectivity index (χ4v) is 3.49. The standard InChI is InChI=1S/C25H20ClF4NO4/c1-2-9-35-22-8-4-14(19-11-15(24(33)34)3-7-20(19)26)10-16(22)13-31-23(32)18-6-5-17(12-21(18)27)25(28,29)30/h3-8,10-12H,2,9,13H2,1H3,(H,31,32)(H,33,34). The fraction of sp³-hybridized carbons (Fsp3) is 0.200. The lowest BCUT2D eigenvalue weighted by Gasteiger charge is -2.15. The lowest BCUT2D eigenvalue weighted by atomic mass is 10.00. The van der Waals surface area contributed by atoms with E-state index in [-0.39, 0.29) is 18.2 Å². The first kappa shape index (κ1) is 26.0. The maximum atomic E-state index is 14.2. The number of carboxylic acids is 1. The Kier molecular flexibility index (Phi) is 8.01. The van der Waals surface area contributed by atoms with Gasteiger partial charge >= 0.3 is 12.1 Å². The number of hydrogen-bond donors (Lipinski definition) is 2. The largest absolute Gasteiger partial charge is 0.493 e. The van der Waals surface area contributed by atoms with Crippen molar-refractivity contribution in [3.8, 4) is 16.9 Å². The molecule has 10 heteroatoms. The molecule has 3 aromatic rings. The molecule has 0 spiro atoms. The molecule has 0 saturated heterocycles. The molecule has 3 aromatic carbocycles. The molecule has 0 heterocycles. The summed E-state index contributed by atoms with van der Waals surface area (Å²) in [7, 11) is 0. The minimum Gasteiger partial charge on any atom is -0.493 e. The number of alkyl halides is 3. The predicted octanol–water partition coefficient (Wildman–Crippen LogP) is 6.58. The number of hydrogen-bond acceptors (Lipinski definition) is 3. The molecule has 5 nitrogen and oxygen atoms in total. The molecule has 3 rings (SSSR count). The van der Waals surface area contributed by atoms with Crippen molar-refractivity contribution >= 4 is 23.5 Å². The molecule has 2 N–H and O–H groups in total. The minimum absolute atomic E-state index is 0.0309. The van der Waals surface area contributed by atoms with Crippen LogP contribution in [-0.4, -0.2) is 23.6 Å². The van der Waals surface area contributed by atoms with E-state index in [9.17, 15) is 32.3 Å². The predicted molar refractivity (Wildman–Crippen MR) is 122 cm³/mol. The molecule has 0 fully saturated rings. The monoisotopic (exact) mass is 509 g/mol. The average molecular weight is 510 g/mol. The number of aromatic carboxylic acids is 1. The van der Waals surface area contributed by atoms with Crippen LogP contribution >= 0.6 is 11.6 Å². The molecule has 0 aliphatic heterocycles. The quantitative estimate of drug-likeness (QED) is 0.336. The first-order valence-electron chi connectivity index (χ1n) is 10.4. The van der Waals surface area contributed by atoms with E-state index in [1.54, 1.807) is 18.2 Å². The molecule has 0 saturated carbocycles. The lowest BCUT2D eigenvalue weighted by Crippen LogP contribution is -2.24. The molecular weight excluding hydrogens is 490 g/mol. The Morgan fingerprint density at radius 2 is 1.80 bits per heavy atom. The normalized spacial score (nSPS) is 11.3. The number of carbonyl (C=O) groups is 2. The summed E-state index contributed by atoms with van der Waals surface area (Å²) in [5.41, 5.74) is -0.240. The van der Waals surface area contributed by atoms with Gasteiger partial charge in [-0.2, -0.15) is 13.2 Å². The van der Waals surface area contributed by atoms with E-state index in [0.717, 1.165) is 6.07 Å². The highest BCUT2D eigenvalue weighted by molar-refractivity contribution is 6.33. The molecule has 0 aromatic heterocycles. The van der Waals surface area contributed by atoms with E-state index in [4.69, 9.17) is 16.3 Å². The molecule has 1 amide bonds. The molecule has 0 aliphatic carbocycles. The van der Waals surface area contributed by atoms with E-state index in [1.165, 1.54) is 18.2 Å². The third-order valence-corrected chi connectivity index (χ3v) is 5.36. The third-order valence-electron chi connectivity index (χ3n) is 5.03. The van der Waals surface area contributed by atoms with Crippen LogP contribution in [0.25, 0.3) is 11.1 Å². The maximum Gasteiger partial charge on any atom is 0.416 e. The van der Waals surface area contributed by atoms with Crippen LogP contribution in [0.1, 0.15) is 45.2 Å². The number of halogens is 5. The van der Waals surface area contributed by atoms with Crippen molar-refractivity contribution in [3.05, 3.63) is 87.7 Å². The van der Waals surface area contributed by atoms with Crippen molar-refractivity contribution in [1.82, 2.24) is 5.32 Å². The van der Waals surface area contributed by atoms with Gasteiger partial charge in [0.1, 0.15) is 11.6 Å². The molecule has 0 radical (unpaired) electrons. The Morgan fingerprint density at radius 1 is 1.06 bits per heavy atom. The summed E-state index contributed by atoms with van der Waals surface area (Å²) in [6.07, 6.45) is -4.03. The summed E-state index contributed by atoms with van der Waals surface area (Å²) >= 11 is 6.27. The van der Waals surface area contributed by atoms with Gasteiger partial charge in [0.2, 0.25) is 0 Å². The van der Waals surface area contributed by atoms with Gasteiger partial charge in [0.25, 0.3) is 5.91 Å². The van der Waals surface area contributed by atoms with Crippen LogP contribution < -0.4 is 10.1 Å². The number of nitrogens with one attached hydrogen (secondary N) is 1. The molecular formula is C25H20ClF4NO4. The second-order valence-corrected chi connectivity index (χ2v) is 7.95. The molecule has 35 heavy (non-hydrogen) atoms. The van der Waals surface area contributed by atoms with Crippen molar-refractivity contribution in [1.29, 1.82) is 0 Å². The van der Waals surface area contributed by atoms with Crippen LogP contribution in [-0.2, 0) is 12.7 Å². The highest BCUT2D eigenvalue weighted by Crippen LogP contribution is 2.33. The van der Waals surface area contributed by atoms with Gasteiger partial charge in [-0.1, -0.05) is 24.6 Å². The van der Waals surface area contributed by atoms with E-state index < -0.39 is 35.0 Å². The molecule has 0 unspecified atom stereocenters. The third kappa shape index (κ3) is 6.30. The van der Waals surface area contributed by atoms with Gasteiger partial charge in [-0.25, -0.2) is 9.18 Å². The van der Waals surface area contributed by atoms with Crippen LogP contribution in [0, 0.1) is 5.82 Å².